The van der Waals surface area contributed by atoms with Gasteiger partial charge in [-0.3, -0.25) is 15.0 Å². The summed E-state index contributed by atoms with van der Waals surface area (Å²) in [4.78, 5) is 37.1. The lowest BCUT2D eigenvalue weighted by Gasteiger charge is -2.15. The van der Waals surface area contributed by atoms with Gasteiger partial charge < -0.3 is 14.2 Å². The number of carbonyl (C=O) groups is 3. The summed E-state index contributed by atoms with van der Waals surface area (Å²) >= 11 is 6.32. The normalized spacial score (nSPS) is 14.4. The Bertz CT molecular complexity index is 1070. The first-order chi connectivity index (χ1) is 15.4. The van der Waals surface area contributed by atoms with Gasteiger partial charge in [-0.1, -0.05) is 36.0 Å². The van der Waals surface area contributed by atoms with Crippen LogP contribution in [0.4, 0.5) is 0 Å². The molecule has 8 nitrogen and oxygen atoms in total. The van der Waals surface area contributed by atoms with Crippen molar-refractivity contribution >= 4 is 52.2 Å². The van der Waals surface area contributed by atoms with Gasteiger partial charge in [0.2, 0.25) is 0 Å². The molecular weight excluding hydrogens is 452 g/mol. The van der Waals surface area contributed by atoms with Crippen molar-refractivity contribution in [2.75, 3.05) is 20.3 Å². The van der Waals surface area contributed by atoms with Crippen LogP contribution in [0.1, 0.15) is 22.8 Å². The van der Waals surface area contributed by atoms with Gasteiger partial charge in [-0.2, -0.15) is 5.01 Å². The molecule has 1 heterocycles. The molecule has 0 radical (unpaired) electrons. The third-order valence-corrected chi connectivity index (χ3v) is 5.48. The van der Waals surface area contributed by atoms with Crippen molar-refractivity contribution in [2.45, 2.75) is 6.92 Å². The molecule has 1 saturated heterocycles. The molecule has 0 spiro atoms. The highest BCUT2D eigenvalue weighted by atomic mass is 32.2. The molecule has 0 unspecified atom stereocenters. The summed E-state index contributed by atoms with van der Waals surface area (Å²) in [6.45, 7) is 1.68. The number of ether oxygens (including phenoxy) is 3. The Morgan fingerprint density at radius 2 is 1.91 bits per heavy atom. The van der Waals surface area contributed by atoms with E-state index in [-0.39, 0.29) is 17.5 Å². The van der Waals surface area contributed by atoms with Crippen LogP contribution in [0, 0.1) is 0 Å². The van der Waals surface area contributed by atoms with Gasteiger partial charge >= 0.3 is 5.97 Å². The van der Waals surface area contributed by atoms with Gasteiger partial charge in [0.25, 0.3) is 11.8 Å². The maximum atomic E-state index is 12.8. The van der Waals surface area contributed by atoms with Crippen molar-refractivity contribution < 1.29 is 28.6 Å². The molecule has 10 heteroatoms. The number of thiocarbonyl (C=S) groups is 1. The zero-order chi connectivity index (χ0) is 23.1. The summed E-state index contributed by atoms with van der Waals surface area (Å²) < 4.78 is 15.8. The summed E-state index contributed by atoms with van der Waals surface area (Å²) in [5, 5.41) is 1.04. The first-order valence-electron chi connectivity index (χ1n) is 9.53. The minimum atomic E-state index is -0.505. The number of amides is 2. The first-order valence-corrected chi connectivity index (χ1v) is 10.8. The van der Waals surface area contributed by atoms with E-state index >= 15 is 0 Å². The number of rotatable bonds is 8. The van der Waals surface area contributed by atoms with Crippen LogP contribution in [0.3, 0.4) is 0 Å². The molecule has 2 aromatic carbocycles. The van der Waals surface area contributed by atoms with Crippen molar-refractivity contribution in [3.8, 4) is 11.5 Å². The summed E-state index contributed by atoms with van der Waals surface area (Å²) in [5.74, 6) is -0.650. The van der Waals surface area contributed by atoms with Crippen LogP contribution < -0.4 is 14.9 Å². The van der Waals surface area contributed by atoms with Gasteiger partial charge in [0, 0.05) is 5.56 Å². The fourth-order valence-electron chi connectivity index (χ4n) is 2.71. The number of nitrogens with one attached hydrogen (secondary N) is 1. The van der Waals surface area contributed by atoms with E-state index < -0.39 is 17.8 Å². The van der Waals surface area contributed by atoms with Crippen molar-refractivity contribution in [1.82, 2.24) is 10.4 Å². The van der Waals surface area contributed by atoms with E-state index in [0.29, 0.717) is 27.5 Å². The molecule has 1 N–H and O–H groups in total. The van der Waals surface area contributed by atoms with Crippen molar-refractivity contribution in [3.05, 3.63) is 64.6 Å². The lowest BCUT2D eigenvalue weighted by atomic mass is 10.2. The summed E-state index contributed by atoms with van der Waals surface area (Å²) in [6.07, 6.45) is 1.62. The lowest BCUT2D eigenvalue weighted by Crippen LogP contribution is -2.44. The maximum Gasteiger partial charge on any atom is 0.344 e. The van der Waals surface area contributed by atoms with Crippen molar-refractivity contribution in [1.29, 1.82) is 0 Å². The summed E-state index contributed by atoms with van der Waals surface area (Å²) in [7, 11) is 1.48. The average Bonchev–Trinajstić information content (AvgIpc) is 3.05. The largest absolute Gasteiger partial charge is 0.493 e. The van der Waals surface area contributed by atoms with Crippen LogP contribution in [0.25, 0.3) is 6.08 Å². The first kappa shape index (κ1) is 23.3. The number of hydrogen-bond acceptors (Lipinski definition) is 8. The average molecular weight is 473 g/mol. The number of methoxy groups -OCH3 is 1. The minimum absolute atomic E-state index is 0.206. The van der Waals surface area contributed by atoms with Gasteiger partial charge in [-0.05, 0) is 55.0 Å². The highest BCUT2D eigenvalue weighted by molar-refractivity contribution is 8.26. The number of carbonyl (C=O) groups excluding carboxylic acids is 3. The number of esters is 1. The smallest absolute Gasteiger partial charge is 0.344 e. The summed E-state index contributed by atoms with van der Waals surface area (Å²) in [5.41, 5.74) is 3.56. The monoisotopic (exact) mass is 472 g/mol. The van der Waals surface area contributed by atoms with E-state index in [1.54, 1.807) is 61.5 Å². The zero-order valence-corrected chi connectivity index (χ0v) is 19.0. The van der Waals surface area contributed by atoms with Crippen LogP contribution >= 0.6 is 24.0 Å². The predicted molar refractivity (Wildman–Crippen MR) is 124 cm³/mol. The fourth-order valence-corrected chi connectivity index (χ4v) is 3.89. The van der Waals surface area contributed by atoms with E-state index in [2.05, 4.69) is 5.43 Å². The predicted octanol–water partition coefficient (Wildman–Crippen LogP) is 3.18. The Kier molecular flexibility index (Phi) is 7.85. The molecule has 0 aromatic heterocycles. The fraction of sp³-hybridized carbons (Fsp3) is 0.182. The molecule has 166 valence electrons. The van der Waals surface area contributed by atoms with Gasteiger partial charge in [0.15, 0.2) is 22.4 Å². The molecule has 0 atom stereocenters. The van der Waals surface area contributed by atoms with Crippen molar-refractivity contribution in [3.63, 3.8) is 0 Å². The Labute approximate surface area is 194 Å². The molecule has 2 aromatic rings. The second-order valence-corrected chi connectivity index (χ2v) is 8.00. The Balaban J connectivity index is 1.75. The van der Waals surface area contributed by atoms with E-state index in [1.807, 2.05) is 0 Å². The number of thioether (sulfide) groups is 1. The van der Waals surface area contributed by atoms with E-state index in [1.165, 1.54) is 7.11 Å². The number of hydrazine groups is 1. The van der Waals surface area contributed by atoms with Crippen molar-refractivity contribution in [2.24, 2.45) is 0 Å². The lowest BCUT2D eigenvalue weighted by molar-refractivity contribution is -0.145. The molecule has 1 fully saturated rings. The number of hydrogen-bond donors (Lipinski definition) is 1. The molecule has 1 aliphatic rings. The molecule has 0 aliphatic carbocycles. The van der Waals surface area contributed by atoms with E-state index in [9.17, 15) is 14.4 Å². The topological polar surface area (TPSA) is 94.2 Å². The highest BCUT2D eigenvalue weighted by Crippen LogP contribution is 2.34. The molecule has 1 aliphatic heterocycles. The Morgan fingerprint density at radius 3 is 2.59 bits per heavy atom. The molecule has 0 saturated carbocycles. The second-order valence-electron chi connectivity index (χ2n) is 6.33. The molecular formula is C22H20N2O6S2. The van der Waals surface area contributed by atoms with Gasteiger partial charge in [0.05, 0.1) is 18.6 Å². The standard InChI is InChI=1S/C22H20N2O6S2/c1-3-29-19(25)13-30-17-11-14(9-10-16(17)28-2)12-18-21(27)24(22(31)32-18)23-20(26)15-7-5-4-6-8-15/h4-12H,3,13H2,1-2H3,(H,23,26)/b18-12-. The molecule has 3 rings (SSSR count). The van der Waals surface area contributed by atoms with Crippen LogP contribution in [0.5, 0.6) is 11.5 Å². The molecule has 32 heavy (non-hydrogen) atoms. The number of benzene rings is 2. The van der Waals surface area contributed by atoms with Crippen LogP contribution in [0.15, 0.2) is 53.4 Å². The SMILES string of the molecule is CCOC(=O)COc1cc(/C=C2\SC(=S)N(NC(=O)c3ccccc3)C2=O)ccc1OC. The number of nitrogens with zero attached hydrogens (tertiary/aromatic N) is 1. The highest BCUT2D eigenvalue weighted by Gasteiger charge is 2.33. The van der Waals surface area contributed by atoms with Crippen LogP contribution in [-0.2, 0) is 14.3 Å². The van der Waals surface area contributed by atoms with Gasteiger partial charge in [0.1, 0.15) is 0 Å². The van der Waals surface area contributed by atoms with Crippen LogP contribution in [-0.4, -0.2) is 47.4 Å². The Hall–Kier alpha value is -3.37. The third kappa shape index (κ3) is 5.65. The molecule has 0 bridgehead atoms. The summed E-state index contributed by atoms with van der Waals surface area (Å²) in [6, 6.07) is 13.5. The molecule has 2 amide bonds. The van der Waals surface area contributed by atoms with Crippen LogP contribution in [0.2, 0.25) is 0 Å². The minimum Gasteiger partial charge on any atom is -0.493 e. The quantitative estimate of drug-likeness (QED) is 0.356. The van der Waals surface area contributed by atoms with Gasteiger partial charge in [-0.15, -0.1) is 0 Å². The Morgan fingerprint density at radius 1 is 1.16 bits per heavy atom. The van der Waals surface area contributed by atoms with E-state index in [4.69, 9.17) is 26.4 Å². The second kappa shape index (κ2) is 10.8. The third-order valence-electron chi connectivity index (χ3n) is 4.18. The maximum absolute atomic E-state index is 12.8. The zero-order valence-electron chi connectivity index (χ0n) is 17.3. The van der Waals surface area contributed by atoms with E-state index in [0.717, 1.165) is 16.8 Å². The van der Waals surface area contributed by atoms with Gasteiger partial charge in [-0.25, -0.2) is 4.79 Å².